The zero-order valence-electron chi connectivity index (χ0n) is 11.7. The lowest BCUT2D eigenvalue weighted by Crippen LogP contribution is -2.29. The second-order valence-electron chi connectivity index (χ2n) is 6.11. The molecule has 0 bridgehead atoms. The molecule has 2 aliphatic carbocycles. The first-order chi connectivity index (χ1) is 9.22. The molecule has 0 saturated heterocycles. The number of nitrogens with one attached hydrogen (secondary N) is 1. The molecule has 2 saturated carbocycles. The monoisotopic (exact) mass is 322 g/mol. The van der Waals surface area contributed by atoms with Gasteiger partial charge in [-0.3, -0.25) is 0 Å². The third-order valence-corrected chi connectivity index (χ3v) is 5.13. The summed E-state index contributed by atoms with van der Waals surface area (Å²) in [5.41, 5.74) is 2.70. The van der Waals surface area contributed by atoms with Gasteiger partial charge in [0.05, 0.1) is 0 Å². The molecule has 0 aromatic heterocycles. The molecule has 2 nitrogen and oxygen atoms in total. The van der Waals surface area contributed by atoms with E-state index in [9.17, 15) is 0 Å². The largest absolute Gasteiger partial charge is 0.374 e. The smallest absolute Gasteiger partial charge is 0.0375 e. The van der Waals surface area contributed by atoms with Gasteiger partial charge in [0.25, 0.3) is 0 Å². The van der Waals surface area contributed by atoms with Crippen molar-refractivity contribution in [2.75, 3.05) is 18.5 Å². The fourth-order valence-electron chi connectivity index (χ4n) is 2.63. The van der Waals surface area contributed by atoms with Crippen molar-refractivity contribution in [2.24, 2.45) is 5.92 Å². The van der Waals surface area contributed by atoms with E-state index in [0.717, 1.165) is 18.5 Å². The summed E-state index contributed by atoms with van der Waals surface area (Å²) in [6, 6.07) is 7.55. The van der Waals surface area contributed by atoms with Crippen LogP contribution in [0, 0.1) is 5.92 Å². The van der Waals surface area contributed by atoms with Crippen molar-refractivity contribution in [2.45, 2.75) is 44.7 Å². The molecule has 0 aliphatic heterocycles. The van der Waals surface area contributed by atoms with Crippen LogP contribution in [-0.2, 0) is 6.54 Å². The van der Waals surface area contributed by atoms with Crippen LogP contribution in [0.1, 0.15) is 37.7 Å². The second-order valence-corrected chi connectivity index (χ2v) is 6.96. The molecule has 1 N–H and O–H groups in total. The highest BCUT2D eigenvalue weighted by atomic mass is 79.9. The predicted molar refractivity (Wildman–Crippen MR) is 84.6 cm³/mol. The Bertz CT molecular complexity index is 438. The number of benzene rings is 1. The quantitative estimate of drug-likeness (QED) is 0.853. The van der Waals surface area contributed by atoms with Gasteiger partial charge in [0, 0.05) is 36.3 Å². The maximum absolute atomic E-state index is 3.72. The van der Waals surface area contributed by atoms with Gasteiger partial charge in [-0.05, 0) is 49.3 Å². The Morgan fingerprint density at radius 3 is 2.63 bits per heavy atom. The molecule has 0 spiro atoms. The second kappa shape index (κ2) is 5.84. The van der Waals surface area contributed by atoms with Crippen molar-refractivity contribution in [1.82, 2.24) is 5.32 Å². The van der Waals surface area contributed by atoms with Crippen molar-refractivity contribution in [3.8, 4) is 0 Å². The van der Waals surface area contributed by atoms with Crippen LogP contribution in [0.2, 0.25) is 0 Å². The van der Waals surface area contributed by atoms with E-state index in [1.807, 2.05) is 0 Å². The van der Waals surface area contributed by atoms with Gasteiger partial charge in [0.15, 0.2) is 0 Å². The zero-order valence-corrected chi connectivity index (χ0v) is 13.2. The first kappa shape index (κ1) is 13.4. The van der Waals surface area contributed by atoms with Crippen molar-refractivity contribution in [1.29, 1.82) is 0 Å². The minimum Gasteiger partial charge on any atom is -0.374 e. The van der Waals surface area contributed by atoms with Crippen LogP contribution >= 0.6 is 15.9 Å². The average molecular weight is 323 g/mol. The molecule has 0 heterocycles. The lowest BCUT2D eigenvalue weighted by Gasteiger charge is -2.31. The summed E-state index contributed by atoms with van der Waals surface area (Å²) in [6.07, 6.45) is 6.94. The van der Waals surface area contributed by atoms with Crippen LogP contribution in [0.5, 0.6) is 0 Å². The maximum atomic E-state index is 3.72. The normalized spacial score (nSPS) is 19.3. The van der Waals surface area contributed by atoms with E-state index in [1.54, 1.807) is 0 Å². The summed E-state index contributed by atoms with van der Waals surface area (Å²) in [4.78, 5) is 2.40. The van der Waals surface area contributed by atoms with E-state index in [0.29, 0.717) is 0 Å². The summed E-state index contributed by atoms with van der Waals surface area (Å²) in [5.74, 6) is 0.917. The van der Waals surface area contributed by atoms with Gasteiger partial charge in [-0.1, -0.05) is 28.4 Å². The van der Waals surface area contributed by atoms with Gasteiger partial charge < -0.3 is 10.2 Å². The van der Waals surface area contributed by atoms with Gasteiger partial charge >= 0.3 is 0 Å². The Morgan fingerprint density at radius 1 is 1.26 bits per heavy atom. The van der Waals surface area contributed by atoms with Gasteiger partial charge in [0.2, 0.25) is 0 Å². The van der Waals surface area contributed by atoms with Gasteiger partial charge in [-0.25, -0.2) is 0 Å². The highest BCUT2D eigenvalue weighted by Crippen LogP contribution is 2.30. The molecule has 0 radical (unpaired) electrons. The first-order valence-electron chi connectivity index (χ1n) is 7.45. The Balaban J connectivity index is 1.59. The van der Waals surface area contributed by atoms with E-state index in [1.165, 1.54) is 54.4 Å². The lowest BCUT2D eigenvalue weighted by atomic mass is 9.85. The van der Waals surface area contributed by atoms with Crippen LogP contribution in [0.4, 0.5) is 5.69 Å². The van der Waals surface area contributed by atoms with E-state index in [4.69, 9.17) is 0 Å². The lowest BCUT2D eigenvalue weighted by molar-refractivity contribution is 0.321. The number of rotatable bonds is 6. The molecule has 0 amide bonds. The molecule has 3 heteroatoms. The molecule has 1 aromatic carbocycles. The molecule has 0 unspecified atom stereocenters. The third kappa shape index (κ3) is 3.51. The maximum Gasteiger partial charge on any atom is 0.0375 e. The van der Waals surface area contributed by atoms with E-state index in [2.05, 4.69) is 51.4 Å². The molecule has 0 atom stereocenters. The Morgan fingerprint density at radius 2 is 2.05 bits per heavy atom. The fourth-order valence-corrected chi connectivity index (χ4v) is 3.13. The summed E-state index contributed by atoms with van der Waals surface area (Å²) in [7, 11) is 2.21. The topological polar surface area (TPSA) is 15.3 Å². The van der Waals surface area contributed by atoms with Gasteiger partial charge in [-0.15, -0.1) is 0 Å². The van der Waals surface area contributed by atoms with Crippen LogP contribution in [0.15, 0.2) is 22.7 Å². The molecular weight excluding hydrogens is 300 g/mol. The molecule has 1 aromatic rings. The van der Waals surface area contributed by atoms with Crippen LogP contribution in [0.3, 0.4) is 0 Å². The standard InChI is InChI=1S/C16H23BrN2/c1-19(11-12-3-2-4-12)15-8-5-13(16(17)9-15)10-18-14-6-7-14/h5,8-9,12,14,18H,2-4,6-7,10-11H2,1H3. The third-order valence-electron chi connectivity index (χ3n) is 4.39. The minimum atomic E-state index is 0.771. The Kier molecular flexibility index (Phi) is 4.13. The fraction of sp³-hybridized carbons (Fsp3) is 0.625. The molecule has 2 fully saturated rings. The number of anilines is 1. The SMILES string of the molecule is CN(CC1CCC1)c1ccc(CNC2CC2)c(Br)c1. The predicted octanol–water partition coefficient (Wildman–Crippen LogP) is 3.94. The van der Waals surface area contributed by atoms with E-state index in [-0.39, 0.29) is 0 Å². The highest BCUT2D eigenvalue weighted by Gasteiger charge is 2.21. The molecular formula is C16H23BrN2. The van der Waals surface area contributed by atoms with Gasteiger partial charge in [0.1, 0.15) is 0 Å². The van der Waals surface area contributed by atoms with Gasteiger partial charge in [-0.2, -0.15) is 0 Å². The molecule has 104 valence electrons. The molecule has 19 heavy (non-hydrogen) atoms. The molecule has 2 aliphatic rings. The first-order valence-corrected chi connectivity index (χ1v) is 8.24. The van der Waals surface area contributed by atoms with Crippen LogP contribution in [0.25, 0.3) is 0 Å². The van der Waals surface area contributed by atoms with Crippen LogP contribution < -0.4 is 10.2 Å². The molecule has 3 rings (SSSR count). The zero-order chi connectivity index (χ0) is 13.2. The van der Waals surface area contributed by atoms with Crippen molar-refractivity contribution in [3.05, 3.63) is 28.2 Å². The Labute approximate surface area is 124 Å². The van der Waals surface area contributed by atoms with Crippen molar-refractivity contribution in [3.63, 3.8) is 0 Å². The van der Waals surface area contributed by atoms with E-state index >= 15 is 0 Å². The average Bonchev–Trinajstić information content (AvgIpc) is 3.16. The highest BCUT2D eigenvalue weighted by molar-refractivity contribution is 9.10. The van der Waals surface area contributed by atoms with Crippen molar-refractivity contribution < 1.29 is 0 Å². The summed E-state index contributed by atoms with van der Waals surface area (Å²) < 4.78 is 1.23. The van der Waals surface area contributed by atoms with E-state index < -0.39 is 0 Å². The summed E-state index contributed by atoms with van der Waals surface area (Å²) >= 11 is 3.72. The summed E-state index contributed by atoms with van der Waals surface area (Å²) in [6.45, 7) is 2.18. The number of halogens is 1. The number of hydrogen-bond donors (Lipinski definition) is 1. The van der Waals surface area contributed by atoms with Crippen molar-refractivity contribution >= 4 is 21.6 Å². The van der Waals surface area contributed by atoms with Crippen LogP contribution in [-0.4, -0.2) is 19.6 Å². The Hall–Kier alpha value is -0.540. The number of nitrogens with zero attached hydrogens (tertiary/aromatic N) is 1. The number of hydrogen-bond acceptors (Lipinski definition) is 2. The minimum absolute atomic E-state index is 0.771. The summed E-state index contributed by atoms with van der Waals surface area (Å²) in [5, 5.41) is 3.57.